The Hall–Kier alpha value is -1.89. The summed E-state index contributed by atoms with van der Waals surface area (Å²) in [6, 6.07) is 0. The summed E-state index contributed by atoms with van der Waals surface area (Å²) in [4.78, 5) is 19.9. The van der Waals surface area contributed by atoms with Crippen molar-refractivity contribution in [1.82, 2.24) is 14.5 Å². The van der Waals surface area contributed by atoms with Gasteiger partial charge in [0.2, 0.25) is 0 Å². The minimum atomic E-state index is -0.514. The van der Waals surface area contributed by atoms with Crippen molar-refractivity contribution < 1.29 is 9.53 Å². The van der Waals surface area contributed by atoms with Gasteiger partial charge in [-0.1, -0.05) is 6.92 Å². The maximum Gasteiger partial charge on any atom is 0.360 e. The first-order chi connectivity index (χ1) is 8.67. The maximum atomic E-state index is 11.5. The van der Waals surface area contributed by atoms with Crippen molar-refractivity contribution in [1.29, 1.82) is 0 Å². The molecule has 0 saturated heterocycles. The monoisotopic (exact) mass is 266 g/mol. The van der Waals surface area contributed by atoms with Crippen LogP contribution in [-0.2, 0) is 17.7 Å². The van der Waals surface area contributed by atoms with E-state index in [1.807, 2.05) is 12.3 Å². The number of esters is 1. The molecular formula is C11H14N4O2S. The topological polar surface area (TPSA) is 83.0 Å². The highest BCUT2D eigenvalue weighted by Crippen LogP contribution is 2.19. The number of rotatable bonds is 4. The number of nitrogens with two attached hydrogens (primary N) is 1. The molecule has 0 aliphatic rings. The van der Waals surface area contributed by atoms with Gasteiger partial charge in [0.1, 0.15) is 16.6 Å². The lowest BCUT2D eigenvalue weighted by Gasteiger charge is -2.06. The van der Waals surface area contributed by atoms with Crippen molar-refractivity contribution in [3.8, 4) is 0 Å². The standard InChI is InChI=1S/C11H14N4O2S/c1-3-7-14-9(11(16)17-2)10(12)15(7)6-8-13-4-5-18-8/h4-5H,3,6,12H2,1-2H3. The third kappa shape index (κ3) is 2.21. The number of carbonyl (C=O) groups is 1. The van der Waals surface area contributed by atoms with E-state index >= 15 is 0 Å². The molecule has 0 saturated carbocycles. The number of nitrogens with zero attached hydrogens (tertiary/aromatic N) is 3. The van der Waals surface area contributed by atoms with E-state index in [1.54, 1.807) is 10.8 Å². The van der Waals surface area contributed by atoms with E-state index in [4.69, 9.17) is 5.73 Å². The molecule has 0 radical (unpaired) electrons. The number of imidazole rings is 1. The number of methoxy groups -OCH3 is 1. The van der Waals surface area contributed by atoms with Crippen molar-refractivity contribution in [2.75, 3.05) is 12.8 Å². The minimum Gasteiger partial charge on any atom is -0.464 e. The highest BCUT2D eigenvalue weighted by molar-refractivity contribution is 7.09. The Labute approximate surface area is 108 Å². The van der Waals surface area contributed by atoms with Crippen molar-refractivity contribution in [3.63, 3.8) is 0 Å². The number of aryl methyl sites for hydroxylation is 1. The lowest BCUT2D eigenvalue weighted by atomic mass is 10.4. The van der Waals surface area contributed by atoms with Crippen molar-refractivity contribution in [2.24, 2.45) is 0 Å². The summed E-state index contributed by atoms with van der Waals surface area (Å²) < 4.78 is 6.45. The summed E-state index contributed by atoms with van der Waals surface area (Å²) in [6.07, 6.45) is 2.42. The molecule has 0 bridgehead atoms. The summed E-state index contributed by atoms with van der Waals surface area (Å²) in [5, 5.41) is 2.82. The third-order valence-corrected chi connectivity index (χ3v) is 3.32. The zero-order chi connectivity index (χ0) is 13.1. The number of ether oxygens (including phenoxy) is 1. The first kappa shape index (κ1) is 12.6. The van der Waals surface area contributed by atoms with E-state index in [-0.39, 0.29) is 5.69 Å². The third-order valence-electron chi connectivity index (χ3n) is 2.56. The van der Waals surface area contributed by atoms with Crippen molar-refractivity contribution >= 4 is 23.1 Å². The first-order valence-electron chi connectivity index (χ1n) is 5.49. The smallest absolute Gasteiger partial charge is 0.360 e. The Bertz CT molecular complexity index is 548. The Morgan fingerprint density at radius 1 is 1.61 bits per heavy atom. The van der Waals surface area contributed by atoms with Crippen LogP contribution in [0.5, 0.6) is 0 Å². The van der Waals surface area contributed by atoms with Crippen LogP contribution in [0.4, 0.5) is 5.82 Å². The number of nitrogen functional groups attached to an aromatic ring is 1. The van der Waals surface area contributed by atoms with Crippen LogP contribution in [0.2, 0.25) is 0 Å². The molecule has 2 heterocycles. The normalized spacial score (nSPS) is 10.6. The molecule has 0 spiro atoms. The Morgan fingerprint density at radius 2 is 2.39 bits per heavy atom. The number of aromatic nitrogens is 3. The van der Waals surface area contributed by atoms with Gasteiger partial charge in [-0.15, -0.1) is 11.3 Å². The lowest BCUT2D eigenvalue weighted by molar-refractivity contribution is 0.0595. The average molecular weight is 266 g/mol. The zero-order valence-corrected chi connectivity index (χ0v) is 11.0. The second-order valence-corrected chi connectivity index (χ2v) is 4.60. The molecule has 2 aromatic rings. The number of thiazole rings is 1. The molecule has 0 fully saturated rings. The predicted octanol–water partition coefficient (Wildman–Crippen LogP) is 1.32. The molecule has 6 nitrogen and oxygen atoms in total. The lowest BCUT2D eigenvalue weighted by Crippen LogP contribution is -2.10. The molecule has 7 heteroatoms. The minimum absolute atomic E-state index is 0.172. The number of hydrogen-bond acceptors (Lipinski definition) is 6. The molecule has 0 amide bonds. The highest BCUT2D eigenvalue weighted by atomic mass is 32.1. The average Bonchev–Trinajstić information content (AvgIpc) is 2.99. The van der Waals surface area contributed by atoms with Gasteiger partial charge in [-0.05, 0) is 0 Å². The van der Waals surface area contributed by atoms with Crippen LogP contribution in [0, 0.1) is 0 Å². The van der Waals surface area contributed by atoms with E-state index in [9.17, 15) is 4.79 Å². The van der Waals surface area contributed by atoms with Gasteiger partial charge >= 0.3 is 5.97 Å². The maximum absolute atomic E-state index is 11.5. The van der Waals surface area contributed by atoms with Crippen LogP contribution < -0.4 is 5.73 Å². The molecule has 0 aliphatic heterocycles. The van der Waals surface area contributed by atoms with Crippen LogP contribution in [0.25, 0.3) is 0 Å². The molecule has 0 aromatic carbocycles. The number of carbonyl (C=O) groups excluding carboxylic acids is 1. The second-order valence-electron chi connectivity index (χ2n) is 3.62. The quantitative estimate of drug-likeness (QED) is 0.844. The summed E-state index contributed by atoms with van der Waals surface area (Å²) in [5.74, 6) is 0.567. The SMILES string of the molecule is CCc1nc(C(=O)OC)c(N)n1Cc1nccs1. The van der Waals surface area contributed by atoms with E-state index < -0.39 is 5.97 Å². The Morgan fingerprint density at radius 3 is 2.94 bits per heavy atom. The number of anilines is 1. The van der Waals surface area contributed by atoms with E-state index in [1.165, 1.54) is 18.4 Å². The number of hydrogen-bond donors (Lipinski definition) is 1. The fourth-order valence-corrected chi connectivity index (χ4v) is 2.28. The van der Waals surface area contributed by atoms with Gasteiger partial charge in [-0.25, -0.2) is 14.8 Å². The van der Waals surface area contributed by atoms with E-state index in [0.717, 1.165) is 10.8 Å². The summed E-state index contributed by atoms with van der Waals surface area (Å²) in [6.45, 7) is 2.48. The summed E-state index contributed by atoms with van der Waals surface area (Å²) in [7, 11) is 1.31. The molecule has 0 atom stereocenters. The molecule has 0 unspecified atom stereocenters. The highest BCUT2D eigenvalue weighted by Gasteiger charge is 2.20. The van der Waals surface area contributed by atoms with Crippen molar-refractivity contribution in [2.45, 2.75) is 19.9 Å². The Kier molecular flexibility index (Phi) is 3.61. The van der Waals surface area contributed by atoms with Crippen LogP contribution in [-0.4, -0.2) is 27.6 Å². The summed E-state index contributed by atoms with van der Waals surface area (Å²) >= 11 is 1.54. The van der Waals surface area contributed by atoms with E-state index in [0.29, 0.717) is 18.8 Å². The largest absolute Gasteiger partial charge is 0.464 e. The van der Waals surface area contributed by atoms with Crippen molar-refractivity contribution in [3.05, 3.63) is 28.1 Å². The van der Waals surface area contributed by atoms with Crippen LogP contribution in [0.1, 0.15) is 28.2 Å². The molecule has 0 aliphatic carbocycles. The second kappa shape index (κ2) is 5.18. The van der Waals surface area contributed by atoms with Gasteiger partial charge in [0.05, 0.1) is 13.7 Å². The molecule has 2 N–H and O–H groups in total. The van der Waals surface area contributed by atoms with Gasteiger partial charge in [0.25, 0.3) is 0 Å². The molecule has 2 rings (SSSR count). The molecule has 96 valence electrons. The summed E-state index contributed by atoms with van der Waals surface area (Å²) in [5.41, 5.74) is 6.12. The fourth-order valence-electron chi connectivity index (χ4n) is 1.67. The predicted molar refractivity (Wildman–Crippen MR) is 68.6 cm³/mol. The molecular weight excluding hydrogens is 252 g/mol. The van der Waals surface area contributed by atoms with Crippen LogP contribution in [0.15, 0.2) is 11.6 Å². The van der Waals surface area contributed by atoms with Gasteiger partial charge in [-0.2, -0.15) is 0 Å². The first-order valence-corrected chi connectivity index (χ1v) is 6.36. The zero-order valence-electron chi connectivity index (χ0n) is 10.2. The van der Waals surface area contributed by atoms with E-state index in [2.05, 4.69) is 14.7 Å². The van der Waals surface area contributed by atoms with Crippen LogP contribution >= 0.6 is 11.3 Å². The van der Waals surface area contributed by atoms with Gasteiger partial charge in [0, 0.05) is 18.0 Å². The fraction of sp³-hybridized carbons (Fsp3) is 0.364. The van der Waals surface area contributed by atoms with Gasteiger partial charge in [0.15, 0.2) is 5.69 Å². The Balaban J connectivity index is 2.39. The van der Waals surface area contributed by atoms with Crippen LogP contribution in [0.3, 0.4) is 0 Å². The van der Waals surface area contributed by atoms with Gasteiger partial charge < -0.3 is 15.0 Å². The molecule has 2 aromatic heterocycles. The molecule has 18 heavy (non-hydrogen) atoms. The van der Waals surface area contributed by atoms with Gasteiger partial charge in [-0.3, -0.25) is 0 Å².